The lowest BCUT2D eigenvalue weighted by atomic mass is 9.94. The molecule has 0 unspecified atom stereocenters. The molecule has 5 nitrogen and oxygen atoms in total. The van der Waals surface area contributed by atoms with E-state index in [1.54, 1.807) is 7.11 Å². The lowest BCUT2D eigenvalue weighted by molar-refractivity contribution is 0.0697. The third-order valence-electron chi connectivity index (χ3n) is 3.76. The van der Waals surface area contributed by atoms with E-state index in [-0.39, 0.29) is 0 Å². The third-order valence-corrected chi connectivity index (χ3v) is 3.76. The molecule has 1 heterocycles. The average Bonchev–Trinajstić information content (AvgIpc) is 2.47. The molecule has 0 bridgehead atoms. The first-order chi connectivity index (χ1) is 9.67. The number of likely N-dealkylation sites (N-methyl/N-ethyl adjacent to an activating group) is 1. The molecular formula is C15H22N2O3. The fourth-order valence-corrected chi connectivity index (χ4v) is 2.64. The van der Waals surface area contributed by atoms with Gasteiger partial charge in [0.1, 0.15) is 11.4 Å². The van der Waals surface area contributed by atoms with Crippen LogP contribution in [-0.2, 0) is 17.6 Å². The molecule has 0 atom stereocenters. The predicted molar refractivity (Wildman–Crippen MR) is 77.6 cm³/mol. The molecule has 110 valence electrons. The molecule has 0 fully saturated rings. The number of ether oxygens (including phenoxy) is 1. The summed E-state index contributed by atoms with van der Waals surface area (Å²) in [5.74, 6) is -0.325. The molecule has 1 aliphatic rings. The number of hydrogen-bond donors (Lipinski definition) is 1. The molecule has 1 aliphatic carbocycles. The van der Waals surface area contributed by atoms with E-state index in [2.05, 4.69) is 4.98 Å². The van der Waals surface area contributed by atoms with E-state index in [1.807, 2.05) is 17.9 Å². The quantitative estimate of drug-likeness (QED) is 0.863. The molecule has 0 saturated carbocycles. The molecule has 1 N–H and O–H groups in total. The topological polar surface area (TPSA) is 62.7 Å². The Bertz CT molecular complexity index is 488. The zero-order chi connectivity index (χ0) is 14.5. The Hall–Kier alpha value is -1.62. The van der Waals surface area contributed by atoms with Gasteiger partial charge in [-0.1, -0.05) is 0 Å². The Morgan fingerprint density at radius 3 is 2.85 bits per heavy atom. The van der Waals surface area contributed by atoms with Gasteiger partial charge in [-0.25, -0.2) is 9.78 Å². The van der Waals surface area contributed by atoms with Crippen LogP contribution < -0.4 is 4.90 Å². The molecule has 0 amide bonds. The number of carboxylic acids is 1. The Kier molecular flexibility index (Phi) is 4.95. The van der Waals surface area contributed by atoms with Gasteiger partial charge < -0.3 is 14.7 Å². The number of nitrogens with zero attached hydrogens (tertiary/aromatic N) is 2. The number of pyridine rings is 1. The Balaban J connectivity index is 2.40. The summed E-state index contributed by atoms with van der Waals surface area (Å²) in [6.07, 6.45) is 4.14. The van der Waals surface area contributed by atoms with Gasteiger partial charge in [0.15, 0.2) is 0 Å². The number of aromatic nitrogens is 1. The molecule has 0 aliphatic heterocycles. The smallest absolute Gasteiger partial charge is 0.339 e. The highest BCUT2D eigenvalue weighted by Crippen LogP contribution is 2.26. The van der Waals surface area contributed by atoms with E-state index < -0.39 is 5.97 Å². The van der Waals surface area contributed by atoms with Gasteiger partial charge in [0.05, 0.1) is 6.61 Å². The Morgan fingerprint density at radius 1 is 1.45 bits per heavy atom. The number of fused-ring (bicyclic) bond motifs is 1. The van der Waals surface area contributed by atoms with Gasteiger partial charge in [-0.05, 0) is 44.2 Å². The largest absolute Gasteiger partial charge is 0.478 e. The molecule has 1 aromatic heterocycles. The number of hydrogen-bond acceptors (Lipinski definition) is 4. The van der Waals surface area contributed by atoms with Crippen molar-refractivity contribution in [1.29, 1.82) is 0 Å². The van der Waals surface area contributed by atoms with Crippen LogP contribution in [0.1, 0.15) is 41.4 Å². The number of aromatic carboxylic acids is 1. The van der Waals surface area contributed by atoms with Gasteiger partial charge >= 0.3 is 5.97 Å². The van der Waals surface area contributed by atoms with Crippen LogP contribution in [0.15, 0.2) is 6.07 Å². The average molecular weight is 278 g/mol. The molecule has 20 heavy (non-hydrogen) atoms. The fourth-order valence-electron chi connectivity index (χ4n) is 2.64. The molecular weight excluding hydrogens is 256 g/mol. The minimum atomic E-state index is -0.906. The standard InChI is InChI=1S/C15H22N2O3/c1-3-17(8-9-20-2)14-12(15(18)19)10-11-6-4-5-7-13(11)16-14/h10H,3-9H2,1-2H3,(H,18,19). The van der Waals surface area contributed by atoms with Crippen molar-refractivity contribution in [3.05, 3.63) is 22.9 Å². The van der Waals surface area contributed by atoms with E-state index in [9.17, 15) is 9.90 Å². The first-order valence-electron chi connectivity index (χ1n) is 7.17. The second-order valence-electron chi connectivity index (χ2n) is 5.05. The molecule has 2 rings (SSSR count). The molecule has 1 aromatic rings. The maximum absolute atomic E-state index is 11.5. The van der Waals surface area contributed by atoms with Crippen LogP contribution in [0, 0.1) is 0 Å². The van der Waals surface area contributed by atoms with Gasteiger partial charge in [-0.15, -0.1) is 0 Å². The van der Waals surface area contributed by atoms with Crippen LogP contribution in [-0.4, -0.2) is 42.9 Å². The molecule has 0 radical (unpaired) electrons. The minimum absolute atomic E-state index is 0.309. The maximum Gasteiger partial charge on any atom is 0.339 e. The zero-order valence-electron chi connectivity index (χ0n) is 12.2. The van der Waals surface area contributed by atoms with E-state index in [0.29, 0.717) is 24.5 Å². The Labute approximate surface area is 119 Å². The lowest BCUT2D eigenvalue weighted by Gasteiger charge is -2.26. The number of anilines is 1. The predicted octanol–water partition coefficient (Wildman–Crippen LogP) is 2.13. The van der Waals surface area contributed by atoms with E-state index in [4.69, 9.17) is 4.74 Å². The van der Waals surface area contributed by atoms with E-state index >= 15 is 0 Å². The lowest BCUT2D eigenvalue weighted by Crippen LogP contribution is -2.30. The van der Waals surface area contributed by atoms with Crippen LogP contribution in [0.4, 0.5) is 5.82 Å². The molecule has 0 aromatic carbocycles. The SMILES string of the molecule is CCN(CCOC)c1nc2c(cc1C(=O)O)CCCC2. The number of rotatable bonds is 6. The first kappa shape index (κ1) is 14.8. The van der Waals surface area contributed by atoms with Crippen molar-refractivity contribution in [1.82, 2.24) is 4.98 Å². The van der Waals surface area contributed by atoms with Crippen LogP contribution in [0.25, 0.3) is 0 Å². The van der Waals surface area contributed by atoms with Crippen molar-refractivity contribution in [2.45, 2.75) is 32.6 Å². The van der Waals surface area contributed by atoms with Gasteiger partial charge in [0.2, 0.25) is 0 Å². The highest BCUT2D eigenvalue weighted by Gasteiger charge is 2.21. The zero-order valence-corrected chi connectivity index (χ0v) is 12.2. The van der Waals surface area contributed by atoms with E-state index in [0.717, 1.165) is 43.5 Å². The summed E-state index contributed by atoms with van der Waals surface area (Å²) >= 11 is 0. The summed E-state index contributed by atoms with van der Waals surface area (Å²) in [5, 5.41) is 9.44. The normalized spacial score (nSPS) is 13.9. The van der Waals surface area contributed by atoms with Crippen molar-refractivity contribution in [2.75, 3.05) is 31.7 Å². The van der Waals surface area contributed by atoms with Crippen LogP contribution >= 0.6 is 0 Å². The second-order valence-corrected chi connectivity index (χ2v) is 5.05. The monoisotopic (exact) mass is 278 g/mol. The number of carbonyl (C=O) groups is 1. The summed E-state index contributed by atoms with van der Waals surface area (Å²) in [6, 6.07) is 1.81. The van der Waals surface area contributed by atoms with Crippen molar-refractivity contribution in [2.24, 2.45) is 0 Å². The number of aryl methyl sites for hydroxylation is 2. The van der Waals surface area contributed by atoms with Crippen LogP contribution in [0.3, 0.4) is 0 Å². The van der Waals surface area contributed by atoms with Gasteiger partial charge in [-0.2, -0.15) is 0 Å². The number of carboxylic acid groups (broad SMARTS) is 1. The summed E-state index contributed by atoms with van der Waals surface area (Å²) in [4.78, 5) is 18.1. The van der Waals surface area contributed by atoms with Crippen LogP contribution in [0.5, 0.6) is 0 Å². The summed E-state index contributed by atoms with van der Waals surface area (Å²) in [5.41, 5.74) is 2.47. The van der Waals surface area contributed by atoms with Crippen molar-refractivity contribution >= 4 is 11.8 Å². The third kappa shape index (κ3) is 3.10. The highest BCUT2D eigenvalue weighted by atomic mass is 16.5. The van der Waals surface area contributed by atoms with E-state index in [1.165, 1.54) is 0 Å². The molecule has 0 spiro atoms. The highest BCUT2D eigenvalue weighted by molar-refractivity contribution is 5.93. The van der Waals surface area contributed by atoms with Gasteiger partial charge in [0, 0.05) is 25.9 Å². The summed E-state index contributed by atoms with van der Waals surface area (Å²) in [6.45, 7) is 3.93. The number of methoxy groups -OCH3 is 1. The van der Waals surface area contributed by atoms with Crippen molar-refractivity contribution in [3.63, 3.8) is 0 Å². The fraction of sp³-hybridized carbons (Fsp3) is 0.600. The van der Waals surface area contributed by atoms with Crippen molar-refractivity contribution < 1.29 is 14.6 Å². The Morgan fingerprint density at radius 2 is 2.20 bits per heavy atom. The molecule has 5 heteroatoms. The van der Waals surface area contributed by atoms with Gasteiger partial charge in [-0.3, -0.25) is 0 Å². The van der Waals surface area contributed by atoms with Gasteiger partial charge in [0.25, 0.3) is 0 Å². The summed E-state index contributed by atoms with van der Waals surface area (Å²) < 4.78 is 5.09. The van der Waals surface area contributed by atoms with Crippen molar-refractivity contribution in [3.8, 4) is 0 Å². The summed E-state index contributed by atoms with van der Waals surface area (Å²) in [7, 11) is 1.65. The molecule has 0 saturated heterocycles. The maximum atomic E-state index is 11.5. The van der Waals surface area contributed by atoms with Crippen LogP contribution in [0.2, 0.25) is 0 Å². The first-order valence-corrected chi connectivity index (χ1v) is 7.17. The minimum Gasteiger partial charge on any atom is -0.478 e. The second kappa shape index (κ2) is 6.70.